The van der Waals surface area contributed by atoms with Gasteiger partial charge in [0.2, 0.25) is 5.13 Å². The maximum absolute atomic E-state index is 12.5. The van der Waals surface area contributed by atoms with E-state index in [0.29, 0.717) is 11.0 Å². The molecule has 2 amide bonds. The summed E-state index contributed by atoms with van der Waals surface area (Å²) in [4.78, 5) is 21.0. The van der Waals surface area contributed by atoms with Crippen molar-refractivity contribution in [3.63, 3.8) is 0 Å². The van der Waals surface area contributed by atoms with Crippen molar-refractivity contribution in [3.05, 3.63) is 5.82 Å². The Morgan fingerprint density at radius 3 is 3.13 bits per heavy atom. The summed E-state index contributed by atoms with van der Waals surface area (Å²) in [5.74, 6) is 1.30. The molecule has 3 atom stereocenters. The average Bonchev–Trinajstić information content (AvgIpc) is 2.93. The number of amides is 2. The van der Waals surface area contributed by atoms with Gasteiger partial charge in [0.25, 0.3) is 0 Å². The van der Waals surface area contributed by atoms with Crippen LogP contribution in [0.15, 0.2) is 0 Å². The summed E-state index contributed by atoms with van der Waals surface area (Å²) in [7, 11) is 1.84. The lowest BCUT2D eigenvalue weighted by Gasteiger charge is -2.45. The number of piperidine rings is 1. The molecule has 3 rings (SSSR count). The SMILES string of the molecule is CC(C)Cc1nsc(NC(=O)N(C)C2CCN3CCOC2C3)n1. The van der Waals surface area contributed by atoms with Crippen LogP contribution in [0.2, 0.25) is 0 Å². The first-order valence-electron chi connectivity index (χ1n) is 8.23. The van der Waals surface area contributed by atoms with Gasteiger partial charge in [0.1, 0.15) is 5.82 Å². The fraction of sp³-hybridized carbons (Fsp3) is 0.800. The molecule has 2 saturated heterocycles. The molecule has 8 heteroatoms. The van der Waals surface area contributed by atoms with E-state index < -0.39 is 0 Å². The van der Waals surface area contributed by atoms with Crippen molar-refractivity contribution < 1.29 is 9.53 Å². The minimum Gasteiger partial charge on any atom is -0.373 e. The first kappa shape index (κ1) is 16.6. The Morgan fingerprint density at radius 1 is 1.52 bits per heavy atom. The number of nitrogens with zero attached hydrogens (tertiary/aromatic N) is 4. The van der Waals surface area contributed by atoms with Crippen LogP contribution >= 0.6 is 11.5 Å². The lowest BCUT2D eigenvalue weighted by Crippen LogP contribution is -2.59. The summed E-state index contributed by atoms with van der Waals surface area (Å²) in [6, 6.07) is -0.0144. The van der Waals surface area contributed by atoms with Gasteiger partial charge in [0.05, 0.1) is 18.8 Å². The number of ether oxygens (including phenoxy) is 1. The molecule has 7 nitrogen and oxygen atoms in total. The molecule has 2 fully saturated rings. The Labute approximate surface area is 141 Å². The molecule has 1 aromatic rings. The summed E-state index contributed by atoms with van der Waals surface area (Å²) in [6.45, 7) is 7.96. The van der Waals surface area contributed by atoms with Gasteiger partial charge in [0, 0.05) is 44.6 Å². The van der Waals surface area contributed by atoms with E-state index in [1.165, 1.54) is 11.5 Å². The lowest BCUT2D eigenvalue weighted by molar-refractivity contribution is -0.0878. The minimum absolute atomic E-state index is 0.110. The number of hydrogen-bond acceptors (Lipinski definition) is 6. The van der Waals surface area contributed by atoms with Gasteiger partial charge in [-0.05, 0) is 12.3 Å². The molecule has 128 valence electrons. The van der Waals surface area contributed by atoms with Crippen LogP contribution in [0.5, 0.6) is 0 Å². The van der Waals surface area contributed by atoms with Crippen LogP contribution in [0.4, 0.5) is 9.93 Å². The van der Waals surface area contributed by atoms with E-state index in [1.54, 1.807) is 4.90 Å². The average molecular weight is 339 g/mol. The highest BCUT2D eigenvalue weighted by Gasteiger charge is 2.37. The van der Waals surface area contributed by atoms with Crippen LogP contribution < -0.4 is 5.32 Å². The number of hydrogen-bond donors (Lipinski definition) is 1. The van der Waals surface area contributed by atoms with Gasteiger partial charge >= 0.3 is 6.03 Å². The predicted molar refractivity (Wildman–Crippen MR) is 89.8 cm³/mol. The van der Waals surface area contributed by atoms with E-state index in [9.17, 15) is 4.79 Å². The second kappa shape index (κ2) is 7.11. The molecule has 23 heavy (non-hydrogen) atoms. The van der Waals surface area contributed by atoms with E-state index in [0.717, 1.165) is 44.9 Å². The van der Waals surface area contributed by atoms with Crippen LogP contribution in [0.1, 0.15) is 26.1 Å². The smallest absolute Gasteiger partial charge is 0.323 e. The molecule has 0 radical (unpaired) electrons. The third-order valence-corrected chi connectivity index (χ3v) is 5.11. The first-order valence-corrected chi connectivity index (χ1v) is 9.00. The molecule has 1 aromatic heterocycles. The van der Waals surface area contributed by atoms with Crippen molar-refractivity contribution in [1.82, 2.24) is 19.2 Å². The van der Waals surface area contributed by atoms with E-state index >= 15 is 0 Å². The molecule has 0 spiro atoms. The standard InChI is InChI=1S/C15H25N5O2S/c1-10(2)8-13-16-14(23-18-13)17-15(21)19(3)11-4-5-20-6-7-22-12(11)9-20/h10-12H,4-9H2,1-3H3,(H,16,17,18,21). The topological polar surface area (TPSA) is 70.6 Å². The quantitative estimate of drug-likeness (QED) is 0.904. The van der Waals surface area contributed by atoms with Crippen molar-refractivity contribution in [2.24, 2.45) is 5.92 Å². The van der Waals surface area contributed by atoms with E-state index in [2.05, 4.69) is 33.4 Å². The highest BCUT2D eigenvalue weighted by molar-refractivity contribution is 7.09. The normalized spacial score (nSPS) is 27.0. The maximum atomic E-state index is 12.5. The molecule has 3 heterocycles. The minimum atomic E-state index is -0.134. The third-order valence-electron chi connectivity index (χ3n) is 4.44. The molecule has 0 saturated carbocycles. The maximum Gasteiger partial charge on any atom is 0.323 e. The molecule has 2 aliphatic heterocycles. The number of likely N-dealkylation sites (N-methyl/N-ethyl adjacent to an activating group) is 1. The summed E-state index contributed by atoms with van der Waals surface area (Å²) >= 11 is 1.24. The molecular weight excluding hydrogens is 314 g/mol. The molecule has 3 unspecified atom stereocenters. The number of aromatic nitrogens is 2. The number of nitrogens with one attached hydrogen (secondary N) is 1. The number of anilines is 1. The lowest BCUT2D eigenvalue weighted by atomic mass is 9.99. The number of carbonyl (C=O) groups excluding carboxylic acids is 1. The molecule has 2 bridgehead atoms. The van der Waals surface area contributed by atoms with Crippen molar-refractivity contribution in [3.8, 4) is 0 Å². The predicted octanol–water partition coefficient (Wildman–Crippen LogP) is 1.67. The van der Waals surface area contributed by atoms with Gasteiger partial charge in [-0.1, -0.05) is 13.8 Å². The number of fused-ring (bicyclic) bond motifs is 2. The Balaban J connectivity index is 1.58. The molecular formula is C15H25N5O2S. The van der Waals surface area contributed by atoms with Crippen molar-refractivity contribution in [2.45, 2.75) is 38.8 Å². The van der Waals surface area contributed by atoms with E-state index in [-0.39, 0.29) is 18.2 Å². The summed E-state index contributed by atoms with van der Waals surface area (Å²) in [5.41, 5.74) is 0. The zero-order valence-corrected chi connectivity index (χ0v) is 14.8. The number of carbonyl (C=O) groups is 1. The number of morpholine rings is 1. The van der Waals surface area contributed by atoms with Gasteiger partial charge in [-0.3, -0.25) is 10.2 Å². The van der Waals surface area contributed by atoms with E-state index in [1.807, 2.05) is 7.05 Å². The van der Waals surface area contributed by atoms with Gasteiger partial charge in [-0.15, -0.1) is 0 Å². The van der Waals surface area contributed by atoms with Gasteiger partial charge in [-0.2, -0.15) is 4.37 Å². The fourth-order valence-electron chi connectivity index (χ4n) is 3.19. The van der Waals surface area contributed by atoms with Crippen LogP contribution in [0, 0.1) is 5.92 Å². The van der Waals surface area contributed by atoms with Gasteiger partial charge < -0.3 is 9.64 Å². The van der Waals surface area contributed by atoms with Crippen molar-refractivity contribution in [1.29, 1.82) is 0 Å². The van der Waals surface area contributed by atoms with Crippen LogP contribution in [0.3, 0.4) is 0 Å². The zero-order chi connectivity index (χ0) is 16.4. The Hall–Kier alpha value is -1.25. The first-order chi connectivity index (χ1) is 11.0. The molecule has 0 aliphatic carbocycles. The van der Waals surface area contributed by atoms with Gasteiger partial charge in [-0.25, -0.2) is 9.78 Å². The largest absolute Gasteiger partial charge is 0.373 e. The molecule has 1 N–H and O–H groups in total. The Morgan fingerprint density at radius 2 is 2.35 bits per heavy atom. The van der Waals surface area contributed by atoms with Crippen LogP contribution in [-0.4, -0.2) is 70.6 Å². The second-order valence-corrected chi connectivity index (χ2v) is 7.47. The fourth-order valence-corrected chi connectivity index (χ4v) is 3.78. The summed E-state index contributed by atoms with van der Waals surface area (Å²) in [5, 5.41) is 3.44. The highest BCUT2D eigenvalue weighted by atomic mass is 32.1. The van der Waals surface area contributed by atoms with Gasteiger partial charge in [0.15, 0.2) is 0 Å². The summed E-state index contributed by atoms with van der Waals surface area (Å²) in [6.07, 6.45) is 1.89. The van der Waals surface area contributed by atoms with Crippen molar-refractivity contribution >= 4 is 22.7 Å². The Bertz CT molecular complexity index is 550. The monoisotopic (exact) mass is 339 g/mol. The van der Waals surface area contributed by atoms with Crippen LogP contribution in [0.25, 0.3) is 0 Å². The highest BCUT2D eigenvalue weighted by Crippen LogP contribution is 2.23. The Kier molecular flexibility index (Phi) is 5.13. The number of rotatable bonds is 4. The molecule has 0 aromatic carbocycles. The second-order valence-electron chi connectivity index (χ2n) is 6.72. The zero-order valence-electron chi connectivity index (χ0n) is 14.0. The third kappa shape index (κ3) is 3.99. The van der Waals surface area contributed by atoms with Crippen LogP contribution in [-0.2, 0) is 11.2 Å². The summed E-state index contributed by atoms with van der Waals surface area (Å²) < 4.78 is 10.1. The van der Waals surface area contributed by atoms with E-state index in [4.69, 9.17) is 4.74 Å². The molecule has 2 aliphatic rings. The van der Waals surface area contributed by atoms with Crippen molar-refractivity contribution in [2.75, 3.05) is 38.6 Å². The number of urea groups is 1.